The third-order valence-corrected chi connectivity index (χ3v) is 5.71. The quantitative estimate of drug-likeness (QED) is 0.312. The lowest BCUT2D eigenvalue weighted by Gasteiger charge is -2.17. The molecule has 0 aromatic heterocycles. The van der Waals surface area contributed by atoms with Crippen molar-refractivity contribution < 1.29 is 23.9 Å². The molecule has 0 bridgehead atoms. The minimum Gasteiger partial charge on any atom is -0.454 e. The van der Waals surface area contributed by atoms with E-state index < -0.39 is 30.4 Å². The number of esters is 1. The second-order valence-electron chi connectivity index (χ2n) is 7.57. The first kappa shape index (κ1) is 25.7. The molecule has 0 aliphatic heterocycles. The maximum atomic E-state index is 12.8. The zero-order valence-corrected chi connectivity index (χ0v) is 20.0. The molecule has 0 saturated heterocycles. The highest BCUT2D eigenvalue weighted by molar-refractivity contribution is 7.98. The summed E-state index contributed by atoms with van der Waals surface area (Å²) < 4.78 is 5.20. The summed E-state index contributed by atoms with van der Waals surface area (Å²) in [5, 5.41) is 5.32. The Balaban J connectivity index is 1.61. The van der Waals surface area contributed by atoms with Crippen molar-refractivity contribution in [2.75, 3.05) is 23.9 Å². The molecule has 3 aromatic carbocycles. The highest BCUT2D eigenvalue weighted by Crippen LogP contribution is 2.19. The summed E-state index contributed by atoms with van der Waals surface area (Å²) in [4.78, 5) is 50.5. The van der Waals surface area contributed by atoms with Crippen LogP contribution in [0.2, 0.25) is 0 Å². The van der Waals surface area contributed by atoms with Crippen LogP contribution < -0.4 is 10.6 Å². The van der Waals surface area contributed by atoms with E-state index in [0.717, 1.165) is 0 Å². The van der Waals surface area contributed by atoms with E-state index >= 15 is 0 Å². The van der Waals surface area contributed by atoms with E-state index in [0.29, 0.717) is 34.6 Å². The van der Waals surface area contributed by atoms with Crippen LogP contribution in [0.5, 0.6) is 0 Å². The fourth-order valence-electron chi connectivity index (χ4n) is 3.27. The van der Waals surface area contributed by atoms with E-state index in [1.807, 2.05) is 12.3 Å². The number of amides is 2. The summed E-state index contributed by atoms with van der Waals surface area (Å²) in [5.41, 5.74) is 1.56. The molecule has 0 saturated carbocycles. The molecule has 3 aromatic rings. The maximum absolute atomic E-state index is 12.8. The Kier molecular flexibility index (Phi) is 9.62. The lowest BCUT2D eigenvalue weighted by molar-refractivity contribution is -0.149. The summed E-state index contributed by atoms with van der Waals surface area (Å²) in [7, 11) is 0. The number of rotatable bonds is 11. The molecule has 1 unspecified atom stereocenters. The minimum atomic E-state index is -0.894. The fraction of sp³-hybridized carbons (Fsp3) is 0.185. The molecular weight excluding hydrogens is 464 g/mol. The molecule has 1 atom stereocenters. The lowest BCUT2D eigenvalue weighted by atomic mass is 10.0. The summed E-state index contributed by atoms with van der Waals surface area (Å²) >= 11 is 1.53. The SMILES string of the molecule is CSCCC(NC(=O)c1ccccc1)C(=O)OCC(=O)Nc1ccccc1C(=O)c1ccccc1. The van der Waals surface area contributed by atoms with Crippen molar-refractivity contribution >= 4 is 41.0 Å². The Morgan fingerprint density at radius 2 is 1.43 bits per heavy atom. The minimum absolute atomic E-state index is 0.237. The van der Waals surface area contributed by atoms with Crippen molar-refractivity contribution in [3.05, 3.63) is 102 Å². The first-order valence-corrected chi connectivity index (χ1v) is 12.4. The molecule has 0 heterocycles. The van der Waals surface area contributed by atoms with Gasteiger partial charge >= 0.3 is 5.97 Å². The first-order chi connectivity index (χ1) is 17.0. The molecule has 2 N–H and O–H groups in total. The highest BCUT2D eigenvalue weighted by Gasteiger charge is 2.24. The number of hydrogen-bond acceptors (Lipinski definition) is 6. The molecule has 0 fully saturated rings. The third kappa shape index (κ3) is 7.55. The van der Waals surface area contributed by atoms with Gasteiger partial charge in [0.15, 0.2) is 12.4 Å². The summed E-state index contributed by atoms with van der Waals surface area (Å²) in [6, 6.07) is 23.0. The Hall–Kier alpha value is -3.91. The van der Waals surface area contributed by atoms with Gasteiger partial charge in [-0.2, -0.15) is 11.8 Å². The molecule has 8 heteroatoms. The number of ketones is 1. The molecule has 35 heavy (non-hydrogen) atoms. The van der Waals surface area contributed by atoms with Crippen LogP contribution in [-0.4, -0.2) is 48.2 Å². The smallest absolute Gasteiger partial charge is 0.329 e. The van der Waals surface area contributed by atoms with Gasteiger partial charge in [-0.05, 0) is 42.7 Å². The van der Waals surface area contributed by atoms with Crippen molar-refractivity contribution in [2.45, 2.75) is 12.5 Å². The molecule has 0 spiro atoms. The van der Waals surface area contributed by atoms with Crippen molar-refractivity contribution in [3.8, 4) is 0 Å². The van der Waals surface area contributed by atoms with E-state index in [9.17, 15) is 19.2 Å². The van der Waals surface area contributed by atoms with E-state index in [1.165, 1.54) is 11.8 Å². The third-order valence-electron chi connectivity index (χ3n) is 5.06. The zero-order valence-electron chi connectivity index (χ0n) is 19.2. The van der Waals surface area contributed by atoms with Gasteiger partial charge < -0.3 is 15.4 Å². The summed E-state index contributed by atoms with van der Waals surface area (Å²) in [5.74, 6) is -1.31. The van der Waals surface area contributed by atoms with Crippen LogP contribution in [0, 0.1) is 0 Å². The second-order valence-corrected chi connectivity index (χ2v) is 8.56. The van der Waals surface area contributed by atoms with E-state index in [2.05, 4.69) is 10.6 Å². The predicted molar refractivity (Wildman–Crippen MR) is 137 cm³/mol. The van der Waals surface area contributed by atoms with Crippen molar-refractivity contribution in [2.24, 2.45) is 0 Å². The Morgan fingerprint density at radius 3 is 2.09 bits per heavy atom. The molecule has 0 radical (unpaired) electrons. The number of hydrogen-bond donors (Lipinski definition) is 2. The van der Waals surface area contributed by atoms with Gasteiger partial charge in [0.05, 0.1) is 5.69 Å². The zero-order chi connectivity index (χ0) is 25.0. The van der Waals surface area contributed by atoms with Crippen molar-refractivity contribution in [1.82, 2.24) is 5.32 Å². The number of para-hydroxylation sites is 1. The monoisotopic (exact) mass is 490 g/mol. The van der Waals surface area contributed by atoms with Gasteiger partial charge in [-0.15, -0.1) is 0 Å². The number of carbonyl (C=O) groups excluding carboxylic acids is 4. The van der Waals surface area contributed by atoms with Crippen LogP contribution in [0.25, 0.3) is 0 Å². The van der Waals surface area contributed by atoms with Gasteiger partial charge in [0, 0.05) is 16.7 Å². The van der Waals surface area contributed by atoms with Gasteiger partial charge in [0.25, 0.3) is 11.8 Å². The summed E-state index contributed by atoms with van der Waals surface area (Å²) in [6.45, 7) is -0.552. The van der Waals surface area contributed by atoms with Crippen LogP contribution in [0.4, 0.5) is 5.69 Å². The van der Waals surface area contributed by atoms with Gasteiger partial charge in [-0.1, -0.05) is 60.7 Å². The Morgan fingerprint density at radius 1 is 0.829 bits per heavy atom. The number of nitrogens with one attached hydrogen (secondary N) is 2. The topological polar surface area (TPSA) is 102 Å². The molecule has 3 rings (SSSR count). The molecule has 180 valence electrons. The molecule has 2 amide bonds. The first-order valence-electron chi connectivity index (χ1n) is 11.0. The standard InChI is InChI=1S/C27H26N2O5S/c1-35-17-16-23(29-26(32)20-12-6-3-7-13-20)27(33)34-18-24(30)28-22-15-9-8-14-21(22)25(31)19-10-4-2-5-11-19/h2-15,23H,16-18H2,1H3,(H,28,30)(H,29,32). The highest BCUT2D eigenvalue weighted by atomic mass is 32.2. The van der Waals surface area contributed by atoms with Crippen molar-refractivity contribution in [1.29, 1.82) is 0 Å². The normalized spacial score (nSPS) is 11.2. The average molecular weight is 491 g/mol. The second kappa shape index (κ2) is 13.1. The maximum Gasteiger partial charge on any atom is 0.329 e. The number of thioether (sulfide) groups is 1. The van der Waals surface area contributed by atoms with Gasteiger partial charge in [-0.3, -0.25) is 14.4 Å². The number of carbonyl (C=O) groups is 4. The van der Waals surface area contributed by atoms with Gasteiger partial charge in [-0.25, -0.2) is 4.79 Å². The van der Waals surface area contributed by atoms with Crippen LogP contribution in [-0.2, 0) is 14.3 Å². The largest absolute Gasteiger partial charge is 0.454 e. The van der Waals surface area contributed by atoms with Crippen LogP contribution in [0.3, 0.4) is 0 Å². The number of benzene rings is 3. The predicted octanol–water partition coefficient (Wildman–Crippen LogP) is 3.95. The average Bonchev–Trinajstić information content (AvgIpc) is 2.90. The number of ether oxygens (including phenoxy) is 1. The van der Waals surface area contributed by atoms with Crippen LogP contribution in [0.15, 0.2) is 84.9 Å². The molecule has 0 aliphatic carbocycles. The number of anilines is 1. The van der Waals surface area contributed by atoms with E-state index in [1.54, 1.807) is 78.9 Å². The molecule has 0 aliphatic rings. The Bertz CT molecular complexity index is 1170. The van der Waals surface area contributed by atoms with Gasteiger partial charge in [0.1, 0.15) is 6.04 Å². The van der Waals surface area contributed by atoms with E-state index in [4.69, 9.17) is 4.74 Å². The van der Waals surface area contributed by atoms with Gasteiger partial charge in [0.2, 0.25) is 0 Å². The van der Waals surface area contributed by atoms with Crippen molar-refractivity contribution in [3.63, 3.8) is 0 Å². The molecule has 7 nitrogen and oxygen atoms in total. The van der Waals surface area contributed by atoms with Crippen LogP contribution in [0.1, 0.15) is 32.7 Å². The van der Waals surface area contributed by atoms with Crippen LogP contribution >= 0.6 is 11.8 Å². The summed E-state index contributed by atoms with van der Waals surface area (Å²) in [6.07, 6.45) is 2.25. The lowest BCUT2D eigenvalue weighted by Crippen LogP contribution is -2.43. The molecular formula is C27H26N2O5S. The Labute approximate surface area is 208 Å². The van der Waals surface area contributed by atoms with E-state index in [-0.39, 0.29) is 5.78 Å². The fourth-order valence-corrected chi connectivity index (χ4v) is 3.75.